The number of carbonyl (C=O) groups is 1. The van der Waals surface area contributed by atoms with Crippen LogP contribution >= 0.6 is 0 Å². The van der Waals surface area contributed by atoms with E-state index in [0.29, 0.717) is 12.2 Å². The molecule has 0 saturated carbocycles. The molecule has 0 fully saturated rings. The molecule has 1 aromatic carbocycles. The Labute approximate surface area is 134 Å². The highest BCUT2D eigenvalue weighted by molar-refractivity contribution is 5.93. The van der Waals surface area contributed by atoms with Gasteiger partial charge < -0.3 is 5.32 Å². The fourth-order valence-corrected chi connectivity index (χ4v) is 2.58. The van der Waals surface area contributed by atoms with E-state index in [1.165, 1.54) is 0 Å². The minimum absolute atomic E-state index is 0.174. The minimum atomic E-state index is -0.174. The number of aromatic amines is 1. The number of aromatic nitrogens is 4. The zero-order chi connectivity index (χ0) is 16.4. The largest absolute Gasteiger partial charge is 0.347 e. The molecule has 0 unspecified atom stereocenters. The number of benzene rings is 1. The lowest BCUT2D eigenvalue weighted by atomic mass is 10.1. The van der Waals surface area contributed by atoms with E-state index in [2.05, 4.69) is 20.6 Å². The van der Waals surface area contributed by atoms with Crippen molar-refractivity contribution < 1.29 is 4.79 Å². The molecule has 0 atom stereocenters. The van der Waals surface area contributed by atoms with Crippen molar-refractivity contribution in [3.63, 3.8) is 0 Å². The number of nitrogens with one attached hydrogen (secondary N) is 2. The normalized spacial score (nSPS) is 10.7. The Hall–Kier alpha value is -2.89. The molecule has 0 bridgehead atoms. The second kappa shape index (κ2) is 6.08. The standard InChI is InChI=1S/C17H19N5O/c1-11-16(12(2)22(3)21-11)14-9-15(20-19-14)17(23)18-10-13-7-5-4-6-8-13/h4-9H,10H2,1-3H3,(H,18,23)(H,19,20). The highest BCUT2D eigenvalue weighted by atomic mass is 16.1. The van der Waals surface area contributed by atoms with Crippen LogP contribution in [0.15, 0.2) is 36.4 Å². The molecule has 3 rings (SSSR count). The number of aryl methyl sites for hydroxylation is 2. The average molecular weight is 309 g/mol. The summed E-state index contributed by atoms with van der Waals surface area (Å²) in [7, 11) is 1.89. The molecule has 2 heterocycles. The molecule has 0 aliphatic rings. The molecule has 118 valence electrons. The van der Waals surface area contributed by atoms with Gasteiger partial charge in [-0.3, -0.25) is 14.6 Å². The highest BCUT2D eigenvalue weighted by Crippen LogP contribution is 2.25. The van der Waals surface area contributed by atoms with Crippen LogP contribution in [0, 0.1) is 13.8 Å². The predicted molar refractivity (Wildman–Crippen MR) is 87.9 cm³/mol. The van der Waals surface area contributed by atoms with Gasteiger partial charge in [-0.05, 0) is 25.5 Å². The van der Waals surface area contributed by atoms with E-state index < -0.39 is 0 Å². The minimum Gasteiger partial charge on any atom is -0.347 e. The summed E-state index contributed by atoms with van der Waals surface area (Å²) in [6.45, 7) is 4.41. The van der Waals surface area contributed by atoms with Gasteiger partial charge in [0.1, 0.15) is 5.69 Å². The van der Waals surface area contributed by atoms with Crippen LogP contribution in [-0.2, 0) is 13.6 Å². The molecule has 6 nitrogen and oxygen atoms in total. The maximum Gasteiger partial charge on any atom is 0.269 e. The summed E-state index contributed by atoms with van der Waals surface area (Å²) in [5.74, 6) is -0.174. The van der Waals surface area contributed by atoms with Crippen molar-refractivity contribution in [3.8, 4) is 11.3 Å². The van der Waals surface area contributed by atoms with Crippen molar-refractivity contribution in [2.75, 3.05) is 0 Å². The van der Waals surface area contributed by atoms with E-state index in [9.17, 15) is 4.79 Å². The van der Waals surface area contributed by atoms with Crippen LogP contribution in [0.1, 0.15) is 27.4 Å². The number of hydrogen-bond acceptors (Lipinski definition) is 3. The van der Waals surface area contributed by atoms with Crippen LogP contribution in [0.25, 0.3) is 11.3 Å². The summed E-state index contributed by atoms with van der Waals surface area (Å²) >= 11 is 0. The Bertz CT molecular complexity index is 832. The van der Waals surface area contributed by atoms with Crippen molar-refractivity contribution >= 4 is 5.91 Å². The van der Waals surface area contributed by atoms with Gasteiger partial charge in [-0.15, -0.1) is 0 Å². The van der Waals surface area contributed by atoms with Gasteiger partial charge in [0.25, 0.3) is 5.91 Å². The third-order valence-electron chi connectivity index (χ3n) is 3.88. The zero-order valence-corrected chi connectivity index (χ0v) is 13.4. The van der Waals surface area contributed by atoms with E-state index in [1.807, 2.05) is 55.9 Å². The zero-order valence-electron chi connectivity index (χ0n) is 13.4. The molecule has 0 aliphatic heterocycles. The lowest BCUT2D eigenvalue weighted by Gasteiger charge is -2.03. The van der Waals surface area contributed by atoms with Gasteiger partial charge in [0.15, 0.2) is 0 Å². The summed E-state index contributed by atoms with van der Waals surface area (Å²) in [5.41, 5.74) is 5.11. The molecular weight excluding hydrogens is 290 g/mol. The monoisotopic (exact) mass is 309 g/mol. The van der Waals surface area contributed by atoms with E-state index in [4.69, 9.17) is 0 Å². The number of nitrogens with zero attached hydrogens (tertiary/aromatic N) is 3. The van der Waals surface area contributed by atoms with Gasteiger partial charge in [0.2, 0.25) is 0 Å². The topological polar surface area (TPSA) is 75.6 Å². The van der Waals surface area contributed by atoms with Crippen molar-refractivity contribution in [3.05, 3.63) is 59.0 Å². The number of amides is 1. The van der Waals surface area contributed by atoms with Crippen molar-refractivity contribution in [2.45, 2.75) is 20.4 Å². The van der Waals surface area contributed by atoms with E-state index in [1.54, 1.807) is 6.07 Å². The second-order valence-electron chi connectivity index (χ2n) is 5.50. The molecule has 6 heteroatoms. The fourth-order valence-electron chi connectivity index (χ4n) is 2.58. The lowest BCUT2D eigenvalue weighted by Crippen LogP contribution is -2.23. The molecule has 0 aliphatic carbocycles. The fraction of sp³-hybridized carbons (Fsp3) is 0.235. The summed E-state index contributed by atoms with van der Waals surface area (Å²) < 4.78 is 1.81. The number of hydrogen-bond donors (Lipinski definition) is 2. The van der Waals surface area contributed by atoms with Gasteiger partial charge in [-0.2, -0.15) is 10.2 Å². The van der Waals surface area contributed by atoms with Gasteiger partial charge >= 0.3 is 0 Å². The quantitative estimate of drug-likeness (QED) is 0.777. The second-order valence-corrected chi connectivity index (χ2v) is 5.50. The van der Waals surface area contributed by atoms with Crippen LogP contribution in [0.4, 0.5) is 0 Å². The third-order valence-corrected chi connectivity index (χ3v) is 3.88. The lowest BCUT2D eigenvalue weighted by molar-refractivity contribution is 0.0946. The molecule has 0 radical (unpaired) electrons. The first kappa shape index (κ1) is 15.0. The molecule has 0 spiro atoms. The van der Waals surface area contributed by atoms with Crippen LogP contribution in [0.2, 0.25) is 0 Å². The molecule has 2 N–H and O–H groups in total. The van der Waals surface area contributed by atoms with E-state index >= 15 is 0 Å². The maximum absolute atomic E-state index is 12.2. The Morgan fingerprint density at radius 2 is 2.00 bits per heavy atom. The van der Waals surface area contributed by atoms with Crippen LogP contribution < -0.4 is 5.32 Å². The van der Waals surface area contributed by atoms with Crippen molar-refractivity contribution in [1.29, 1.82) is 0 Å². The first-order valence-corrected chi connectivity index (χ1v) is 7.44. The predicted octanol–water partition coefficient (Wildman–Crippen LogP) is 2.36. The highest BCUT2D eigenvalue weighted by Gasteiger charge is 2.17. The van der Waals surface area contributed by atoms with Crippen molar-refractivity contribution in [1.82, 2.24) is 25.3 Å². The SMILES string of the molecule is Cc1nn(C)c(C)c1-c1cc(C(=O)NCc2ccccc2)[nH]n1. The smallest absolute Gasteiger partial charge is 0.269 e. The molecule has 0 saturated heterocycles. The molecular formula is C17H19N5O. The first-order chi connectivity index (χ1) is 11.1. The third kappa shape index (κ3) is 3.01. The van der Waals surface area contributed by atoms with E-state index in [0.717, 1.165) is 28.2 Å². The summed E-state index contributed by atoms with van der Waals surface area (Å²) in [6.07, 6.45) is 0. The van der Waals surface area contributed by atoms with Gasteiger partial charge in [-0.1, -0.05) is 30.3 Å². The summed E-state index contributed by atoms with van der Waals surface area (Å²) in [5, 5.41) is 14.3. The maximum atomic E-state index is 12.2. The summed E-state index contributed by atoms with van der Waals surface area (Å²) in [6, 6.07) is 11.6. The Balaban J connectivity index is 1.75. The average Bonchev–Trinajstić information content (AvgIpc) is 3.11. The van der Waals surface area contributed by atoms with Gasteiger partial charge in [0, 0.05) is 24.8 Å². The Kier molecular flexibility index (Phi) is 3.97. The van der Waals surface area contributed by atoms with Crippen LogP contribution in [-0.4, -0.2) is 25.9 Å². The van der Waals surface area contributed by atoms with Gasteiger partial charge in [-0.25, -0.2) is 0 Å². The summed E-state index contributed by atoms with van der Waals surface area (Å²) in [4.78, 5) is 12.2. The number of H-pyrrole nitrogens is 1. The Morgan fingerprint density at radius 1 is 1.26 bits per heavy atom. The van der Waals surface area contributed by atoms with Crippen LogP contribution in [0.3, 0.4) is 0 Å². The van der Waals surface area contributed by atoms with Crippen LogP contribution in [0.5, 0.6) is 0 Å². The molecule has 3 aromatic rings. The molecule has 1 amide bonds. The molecule has 2 aromatic heterocycles. The number of rotatable bonds is 4. The molecule has 23 heavy (non-hydrogen) atoms. The van der Waals surface area contributed by atoms with Gasteiger partial charge in [0.05, 0.1) is 11.4 Å². The number of carbonyl (C=O) groups excluding carboxylic acids is 1. The van der Waals surface area contributed by atoms with Crippen molar-refractivity contribution in [2.24, 2.45) is 7.05 Å². The van der Waals surface area contributed by atoms with E-state index in [-0.39, 0.29) is 5.91 Å². The Morgan fingerprint density at radius 3 is 2.65 bits per heavy atom. The first-order valence-electron chi connectivity index (χ1n) is 7.44.